The number of ether oxygens (including phenoxy) is 1. The Morgan fingerprint density at radius 3 is 1.92 bits per heavy atom. The minimum Gasteiger partial charge on any atom is -0.488 e. The SMILES string of the molecule is Clc1ccc(COc2ccccc2/C=N\Nc2nc(Nc3ccccc3)nc(Nc3ccccc3)n2)c(Cl)c1. The van der Waals surface area contributed by atoms with Gasteiger partial charge in [-0.25, -0.2) is 5.43 Å². The molecule has 0 aliphatic heterocycles. The van der Waals surface area contributed by atoms with Crippen molar-refractivity contribution < 1.29 is 4.74 Å². The molecule has 3 N–H and O–H groups in total. The Hall–Kier alpha value is -4.66. The molecule has 0 aliphatic carbocycles. The van der Waals surface area contributed by atoms with Crippen molar-refractivity contribution >= 4 is 58.6 Å². The van der Waals surface area contributed by atoms with Gasteiger partial charge < -0.3 is 15.4 Å². The average Bonchev–Trinajstić information content (AvgIpc) is 2.94. The number of hydrogen-bond acceptors (Lipinski definition) is 8. The molecular weight excluding hydrogens is 533 g/mol. The van der Waals surface area contributed by atoms with Gasteiger partial charge in [0.15, 0.2) is 0 Å². The fraction of sp³-hybridized carbons (Fsp3) is 0.0345. The van der Waals surface area contributed by atoms with E-state index in [0.717, 1.165) is 22.5 Å². The molecule has 0 aliphatic rings. The third-order valence-electron chi connectivity index (χ3n) is 5.38. The van der Waals surface area contributed by atoms with Crippen molar-refractivity contribution in [3.05, 3.63) is 124 Å². The van der Waals surface area contributed by atoms with E-state index in [0.29, 0.717) is 27.7 Å². The predicted molar refractivity (Wildman–Crippen MR) is 158 cm³/mol. The van der Waals surface area contributed by atoms with Gasteiger partial charge in [0, 0.05) is 32.5 Å². The molecule has 5 aromatic rings. The summed E-state index contributed by atoms with van der Waals surface area (Å²) in [4.78, 5) is 13.4. The summed E-state index contributed by atoms with van der Waals surface area (Å²) in [7, 11) is 0. The first-order valence-electron chi connectivity index (χ1n) is 12.0. The normalized spacial score (nSPS) is 10.8. The number of anilines is 5. The van der Waals surface area contributed by atoms with Gasteiger partial charge in [0.25, 0.3) is 0 Å². The van der Waals surface area contributed by atoms with Crippen LogP contribution in [0, 0.1) is 0 Å². The van der Waals surface area contributed by atoms with Crippen LogP contribution in [0.3, 0.4) is 0 Å². The van der Waals surface area contributed by atoms with Crippen LogP contribution < -0.4 is 20.8 Å². The Kier molecular flexibility index (Phi) is 8.48. The largest absolute Gasteiger partial charge is 0.488 e. The van der Waals surface area contributed by atoms with Gasteiger partial charge in [0.1, 0.15) is 12.4 Å². The van der Waals surface area contributed by atoms with E-state index in [1.165, 1.54) is 0 Å². The Bertz CT molecular complexity index is 1510. The molecule has 0 saturated carbocycles. The Morgan fingerprint density at radius 2 is 1.28 bits per heavy atom. The van der Waals surface area contributed by atoms with Gasteiger partial charge in [-0.05, 0) is 48.5 Å². The highest BCUT2D eigenvalue weighted by atomic mass is 35.5. The first kappa shape index (κ1) is 26.0. The maximum atomic E-state index is 6.28. The summed E-state index contributed by atoms with van der Waals surface area (Å²) >= 11 is 12.3. The lowest BCUT2D eigenvalue weighted by molar-refractivity contribution is 0.306. The number of aromatic nitrogens is 3. The zero-order valence-electron chi connectivity index (χ0n) is 20.6. The van der Waals surface area contributed by atoms with Crippen molar-refractivity contribution in [1.82, 2.24) is 15.0 Å². The van der Waals surface area contributed by atoms with Crippen molar-refractivity contribution in [2.45, 2.75) is 6.61 Å². The van der Waals surface area contributed by atoms with Crippen LogP contribution in [-0.2, 0) is 6.61 Å². The van der Waals surface area contributed by atoms with Gasteiger partial charge in [-0.2, -0.15) is 20.1 Å². The molecule has 0 fully saturated rings. The third kappa shape index (κ3) is 7.44. The molecule has 0 bridgehead atoms. The van der Waals surface area contributed by atoms with Gasteiger partial charge in [-0.1, -0.05) is 77.8 Å². The molecule has 1 aromatic heterocycles. The maximum absolute atomic E-state index is 6.28. The molecule has 39 heavy (non-hydrogen) atoms. The zero-order chi connectivity index (χ0) is 26.9. The number of nitrogens with one attached hydrogen (secondary N) is 3. The molecule has 0 amide bonds. The summed E-state index contributed by atoms with van der Waals surface area (Å²) in [6.07, 6.45) is 1.64. The zero-order valence-corrected chi connectivity index (χ0v) is 22.1. The number of hydrogen-bond donors (Lipinski definition) is 3. The van der Waals surface area contributed by atoms with Crippen molar-refractivity contribution in [1.29, 1.82) is 0 Å². The van der Waals surface area contributed by atoms with Crippen LogP contribution in [0.25, 0.3) is 0 Å². The molecule has 5 rings (SSSR count). The summed E-state index contributed by atoms with van der Waals surface area (Å²) in [6.45, 7) is 0.283. The number of para-hydroxylation sites is 3. The quantitative estimate of drug-likeness (QED) is 0.120. The van der Waals surface area contributed by atoms with Crippen molar-refractivity contribution in [3.63, 3.8) is 0 Å². The van der Waals surface area contributed by atoms with Crippen LogP contribution in [0.15, 0.2) is 108 Å². The molecular formula is C29H23Cl2N7O. The van der Waals surface area contributed by atoms with Gasteiger partial charge in [0.2, 0.25) is 17.8 Å². The second-order valence-electron chi connectivity index (χ2n) is 8.22. The molecule has 1 heterocycles. The number of rotatable bonds is 10. The Morgan fingerprint density at radius 1 is 0.692 bits per heavy atom. The summed E-state index contributed by atoms with van der Waals surface area (Å²) in [5, 5.41) is 11.9. The Balaban J connectivity index is 1.33. The molecule has 4 aromatic carbocycles. The summed E-state index contributed by atoms with van der Waals surface area (Å²) < 4.78 is 6.01. The highest BCUT2D eigenvalue weighted by Gasteiger charge is 2.08. The van der Waals surface area contributed by atoms with Crippen LogP contribution in [0.5, 0.6) is 5.75 Å². The first-order chi connectivity index (χ1) is 19.1. The smallest absolute Gasteiger partial charge is 0.250 e. The number of halogens is 2. The topological polar surface area (TPSA) is 96.4 Å². The number of benzene rings is 4. The van der Waals surface area contributed by atoms with E-state index in [9.17, 15) is 0 Å². The predicted octanol–water partition coefficient (Wildman–Crippen LogP) is 7.69. The molecule has 8 nitrogen and oxygen atoms in total. The van der Waals surface area contributed by atoms with Crippen LogP contribution >= 0.6 is 23.2 Å². The fourth-order valence-corrected chi connectivity index (χ4v) is 3.97. The maximum Gasteiger partial charge on any atom is 0.250 e. The highest BCUT2D eigenvalue weighted by molar-refractivity contribution is 6.35. The van der Waals surface area contributed by atoms with Gasteiger partial charge in [0.05, 0.1) is 6.21 Å². The second kappa shape index (κ2) is 12.7. The Labute approximate surface area is 235 Å². The van der Waals surface area contributed by atoms with E-state index in [2.05, 4.69) is 36.1 Å². The molecule has 10 heteroatoms. The van der Waals surface area contributed by atoms with E-state index >= 15 is 0 Å². The van der Waals surface area contributed by atoms with E-state index in [1.54, 1.807) is 18.3 Å². The summed E-state index contributed by atoms with van der Waals surface area (Å²) in [6, 6.07) is 32.1. The van der Waals surface area contributed by atoms with Crippen LogP contribution in [0.1, 0.15) is 11.1 Å². The first-order valence-corrected chi connectivity index (χ1v) is 12.7. The van der Waals surface area contributed by atoms with E-state index in [4.69, 9.17) is 27.9 Å². The van der Waals surface area contributed by atoms with E-state index < -0.39 is 0 Å². The lowest BCUT2D eigenvalue weighted by Gasteiger charge is -2.11. The average molecular weight is 556 g/mol. The summed E-state index contributed by atoms with van der Waals surface area (Å²) in [5.41, 5.74) is 6.17. The fourth-order valence-electron chi connectivity index (χ4n) is 3.51. The van der Waals surface area contributed by atoms with Crippen LogP contribution in [-0.4, -0.2) is 21.2 Å². The van der Waals surface area contributed by atoms with E-state index in [1.807, 2.05) is 91.0 Å². The van der Waals surface area contributed by atoms with Crippen LogP contribution in [0.2, 0.25) is 10.0 Å². The second-order valence-corrected chi connectivity index (χ2v) is 9.06. The number of nitrogens with zero attached hydrogens (tertiary/aromatic N) is 4. The summed E-state index contributed by atoms with van der Waals surface area (Å²) in [5.74, 6) is 1.61. The lowest BCUT2D eigenvalue weighted by atomic mass is 10.2. The van der Waals surface area contributed by atoms with E-state index in [-0.39, 0.29) is 12.6 Å². The monoisotopic (exact) mass is 555 g/mol. The molecule has 0 atom stereocenters. The molecule has 0 unspecified atom stereocenters. The van der Waals surface area contributed by atoms with Gasteiger partial charge in [-0.3, -0.25) is 0 Å². The highest BCUT2D eigenvalue weighted by Crippen LogP contribution is 2.24. The van der Waals surface area contributed by atoms with Gasteiger partial charge >= 0.3 is 0 Å². The van der Waals surface area contributed by atoms with Crippen molar-refractivity contribution in [2.24, 2.45) is 5.10 Å². The molecule has 0 saturated heterocycles. The lowest BCUT2D eigenvalue weighted by Crippen LogP contribution is -2.07. The van der Waals surface area contributed by atoms with Crippen molar-refractivity contribution in [2.75, 3.05) is 16.1 Å². The van der Waals surface area contributed by atoms with Crippen molar-refractivity contribution in [3.8, 4) is 5.75 Å². The van der Waals surface area contributed by atoms with Crippen LogP contribution in [0.4, 0.5) is 29.2 Å². The minimum atomic E-state index is 0.254. The third-order valence-corrected chi connectivity index (χ3v) is 5.97. The number of hydrazone groups is 1. The minimum absolute atomic E-state index is 0.254. The molecule has 0 radical (unpaired) electrons. The molecule has 194 valence electrons. The van der Waals surface area contributed by atoms with Gasteiger partial charge in [-0.15, -0.1) is 0 Å². The molecule has 0 spiro atoms. The standard InChI is InChI=1S/C29H23Cl2N7O/c30-22-16-15-21(25(31)17-22)19-39-26-14-8-7-9-20(26)18-32-38-29-36-27(33-23-10-3-1-4-11-23)35-28(37-29)34-24-12-5-2-6-13-24/h1-18H,19H2,(H3,33,34,35,36,37,38)/b32-18-.